The molecule has 4 nitrogen and oxygen atoms in total. The summed E-state index contributed by atoms with van der Waals surface area (Å²) in [5, 5.41) is 2.92. The Hall–Kier alpha value is -2.27. The number of piperidine rings is 1. The van der Waals surface area contributed by atoms with Crippen molar-refractivity contribution in [1.29, 1.82) is 0 Å². The van der Waals surface area contributed by atoms with Crippen LogP contribution in [0.1, 0.15) is 19.8 Å². The number of carbonyl (C=O) groups excluding carboxylic acids is 1. The monoisotopic (exact) mass is 376 g/mol. The van der Waals surface area contributed by atoms with Gasteiger partial charge in [0.05, 0.1) is 5.02 Å². The number of halogens is 2. The highest BCUT2D eigenvalue weighted by Crippen LogP contribution is 2.26. The van der Waals surface area contributed by atoms with E-state index in [1.54, 1.807) is 0 Å². The van der Waals surface area contributed by atoms with Crippen LogP contribution in [-0.4, -0.2) is 25.6 Å². The zero-order chi connectivity index (χ0) is 18.5. The highest BCUT2D eigenvalue weighted by Gasteiger charge is 2.16. The van der Waals surface area contributed by atoms with Gasteiger partial charge in [0.25, 0.3) is 5.91 Å². The number of nitrogens with zero attached hydrogens (tertiary/aromatic N) is 1. The van der Waals surface area contributed by atoms with Gasteiger partial charge in [0, 0.05) is 24.5 Å². The number of hydrogen-bond donors (Lipinski definition) is 1. The summed E-state index contributed by atoms with van der Waals surface area (Å²) in [5.41, 5.74) is 1.88. The summed E-state index contributed by atoms with van der Waals surface area (Å²) in [7, 11) is 0. The second kappa shape index (κ2) is 8.41. The van der Waals surface area contributed by atoms with Crippen LogP contribution in [0.15, 0.2) is 42.5 Å². The first-order chi connectivity index (χ1) is 12.5. The molecule has 0 aliphatic carbocycles. The molecule has 2 aromatic carbocycles. The molecule has 26 heavy (non-hydrogen) atoms. The zero-order valence-electron chi connectivity index (χ0n) is 14.7. The second-order valence-electron chi connectivity index (χ2n) is 6.63. The van der Waals surface area contributed by atoms with Crippen molar-refractivity contribution in [2.24, 2.45) is 5.92 Å². The smallest absolute Gasteiger partial charge is 0.262 e. The molecule has 0 atom stereocenters. The first kappa shape index (κ1) is 18.5. The van der Waals surface area contributed by atoms with E-state index >= 15 is 0 Å². The molecule has 138 valence electrons. The standard InChI is InChI=1S/C20H22ClFN2O2/c1-14-8-10-24(11-9-14)17-5-3-16(4-6-17)23-20(25)13-26-19-7-2-15(22)12-18(19)21/h2-7,12,14H,8-11,13H2,1H3,(H,23,25). The van der Waals surface area contributed by atoms with Crippen molar-refractivity contribution in [3.8, 4) is 5.75 Å². The third-order valence-corrected chi connectivity index (χ3v) is 4.85. The number of benzene rings is 2. The molecule has 1 aliphatic heterocycles. The number of ether oxygens (including phenoxy) is 1. The Kier molecular flexibility index (Phi) is 5.99. The van der Waals surface area contributed by atoms with E-state index in [0.29, 0.717) is 5.69 Å². The summed E-state index contributed by atoms with van der Waals surface area (Å²) in [6.07, 6.45) is 2.42. The summed E-state index contributed by atoms with van der Waals surface area (Å²) in [6, 6.07) is 11.6. The molecule has 1 saturated heterocycles. The molecule has 1 fully saturated rings. The van der Waals surface area contributed by atoms with Crippen LogP contribution in [-0.2, 0) is 4.79 Å². The molecule has 3 rings (SSSR count). The minimum absolute atomic E-state index is 0.137. The molecule has 2 aromatic rings. The normalized spacial score (nSPS) is 15.0. The summed E-state index contributed by atoms with van der Waals surface area (Å²) in [6.45, 7) is 4.23. The third-order valence-electron chi connectivity index (χ3n) is 4.55. The van der Waals surface area contributed by atoms with Crippen molar-refractivity contribution in [1.82, 2.24) is 0 Å². The Labute approximate surface area is 157 Å². The van der Waals surface area contributed by atoms with Crippen molar-refractivity contribution in [2.75, 3.05) is 29.9 Å². The average Bonchev–Trinajstić information content (AvgIpc) is 2.62. The number of rotatable bonds is 5. The predicted molar refractivity (Wildman–Crippen MR) is 103 cm³/mol. The van der Waals surface area contributed by atoms with E-state index in [-0.39, 0.29) is 23.3 Å². The minimum atomic E-state index is -0.449. The largest absolute Gasteiger partial charge is 0.482 e. The van der Waals surface area contributed by atoms with Crippen molar-refractivity contribution < 1.29 is 13.9 Å². The number of hydrogen-bond acceptors (Lipinski definition) is 3. The maximum atomic E-state index is 13.0. The van der Waals surface area contributed by atoms with Crippen LogP contribution in [0, 0.1) is 11.7 Å². The Morgan fingerprint density at radius 1 is 1.23 bits per heavy atom. The van der Waals surface area contributed by atoms with Crippen molar-refractivity contribution >= 4 is 28.9 Å². The Morgan fingerprint density at radius 2 is 1.92 bits per heavy atom. The topological polar surface area (TPSA) is 41.6 Å². The minimum Gasteiger partial charge on any atom is -0.482 e. The van der Waals surface area contributed by atoms with E-state index in [2.05, 4.69) is 17.1 Å². The van der Waals surface area contributed by atoms with Crippen LogP contribution in [0.4, 0.5) is 15.8 Å². The highest BCUT2D eigenvalue weighted by molar-refractivity contribution is 6.32. The molecular weight excluding hydrogens is 355 g/mol. The van der Waals surface area contributed by atoms with Gasteiger partial charge in [0.1, 0.15) is 11.6 Å². The van der Waals surface area contributed by atoms with E-state index in [1.165, 1.54) is 30.7 Å². The van der Waals surface area contributed by atoms with E-state index in [9.17, 15) is 9.18 Å². The Morgan fingerprint density at radius 3 is 2.58 bits per heavy atom. The van der Waals surface area contributed by atoms with Crippen molar-refractivity contribution in [2.45, 2.75) is 19.8 Å². The first-order valence-electron chi connectivity index (χ1n) is 8.74. The molecule has 0 aromatic heterocycles. The molecule has 0 unspecified atom stereocenters. The van der Waals surface area contributed by atoms with E-state index in [4.69, 9.17) is 16.3 Å². The van der Waals surface area contributed by atoms with E-state index in [0.717, 1.165) is 25.1 Å². The second-order valence-corrected chi connectivity index (χ2v) is 7.04. The molecule has 1 heterocycles. The Bertz CT molecular complexity index is 759. The molecule has 1 N–H and O–H groups in total. The maximum absolute atomic E-state index is 13.0. The summed E-state index contributed by atoms with van der Waals surface area (Å²) in [4.78, 5) is 14.4. The van der Waals surface area contributed by atoms with Gasteiger partial charge < -0.3 is 15.0 Å². The fraction of sp³-hybridized carbons (Fsp3) is 0.350. The summed E-state index contributed by atoms with van der Waals surface area (Å²) < 4.78 is 18.3. The van der Waals surface area contributed by atoms with Gasteiger partial charge >= 0.3 is 0 Å². The fourth-order valence-corrected chi connectivity index (χ4v) is 3.18. The molecule has 0 saturated carbocycles. The van der Waals surface area contributed by atoms with E-state index < -0.39 is 5.82 Å². The van der Waals surface area contributed by atoms with Gasteiger partial charge in [0.15, 0.2) is 6.61 Å². The van der Waals surface area contributed by atoms with Crippen molar-refractivity contribution in [3.63, 3.8) is 0 Å². The van der Waals surface area contributed by atoms with Gasteiger partial charge in [0.2, 0.25) is 0 Å². The van der Waals surface area contributed by atoms with Crippen LogP contribution in [0.25, 0.3) is 0 Å². The number of nitrogens with one attached hydrogen (secondary N) is 1. The fourth-order valence-electron chi connectivity index (χ4n) is 2.96. The lowest BCUT2D eigenvalue weighted by atomic mass is 9.99. The van der Waals surface area contributed by atoms with Crippen LogP contribution in [0.3, 0.4) is 0 Å². The molecular formula is C20H22ClFN2O2. The van der Waals surface area contributed by atoms with Crippen LogP contribution in [0.5, 0.6) is 5.75 Å². The van der Waals surface area contributed by atoms with Gasteiger partial charge in [-0.25, -0.2) is 4.39 Å². The molecule has 1 amide bonds. The van der Waals surface area contributed by atoms with Gasteiger partial charge in [-0.1, -0.05) is 18.5 Å². The Balaban J connectivity index is 1.51. The molecule has 0 radical (unpaired) electrons. The van der Waals surface area contributed by atoms with Gasteiger partial charge in [-0.05, 0) is 61.2 Å². The lowest BCUT2D eigenvalue weighted by Gasteiger charge is -2.32. The molecule has 6 heteroatoms. The first-order valence-corrected chi connectivity index (χ1v) is 9.12. The lowest BCUT2D eigenvalue weighted by molar-refractivity contribution is -0.118. The number of carbonyl (C=O) groups is 1. The lowest BCUT2D eigenvalue weighted by Crippen LogP contribution is -2.32. The van der Waals surface area contributed by atoms with Crippen molar-refractivity contribution in [3.05, 3.63) is 53.3 Å². The quantitative estimate of drug-likeness (QED) is 0.820. The zero-order valence-corrected chi connectivity index (χ0v) is 15.4. The van der Waals surface area contributed by atoms with Gasteiger partial charge in [-0.2, -0.15) is 0 Å². The summed E-state index contributed by atoms with van der Waals surface area (Å²) >= 11 is 5.87. The summed E-state index contributed by atoms with van der Waals surface area (Å²) in [5.74, 6) is 0.317. The van der Waals surface area contributed by atoms with E-state index in [1.807, 2.05) is 24.3 Å². The van der Waals surface area contributed by atoms with Crippen LogP contribution in [0.2, 0.25) is 5.02 Å². The highest BCUT2D eigenvalue weighted by atomic mass is 35.5. The van der Waals surface area contributed by atoms with Gasteiger partial charge in [-0.15, -0.1) is 0 Å². The molecule has 1 aliphatic rings. The molecule has 0 spiro atoms. The van der Waals surface area contributed by atoms with Crippen LogP contribution < -0.4 is 15.0 Å². The van der Waals surface area contributed by atoms with Gasteiger partial charge in [-0.3, -0.25) is 4.79 Å². The molecule has 0 bridgehead atoms. The number of anilines is 2. The average molecular weight is 377 g/mol. The third kappa shape index (κ3) is 4.88. The van der Waals surface area contributed by atoms with Crippen LogP contribution >= 0.6 is 11.6 Å². The SMILES string of the molecule is CC1CCN(c2ccc(NC(=O)COc3ccc(F)cc3Cl)cc2)CC1. The number of amides is 1. The maximum Gasteiger partial charge on any atom is 0.262 e. The predicted octanol–water partition coefficient (Wildman–Crippen LogP) is 4.73.